The largest absolute Gasteiger partial charge is 0.396 e. The van der Waals surface area contributed by atoms with Gasteiger partial charge in [0, 0.05) is 32.3 Å². The lowest BCUT2D eigenvalue weighted by molar-refractivity contribution is 0.164. The normalized spacial score (nSPS) is 28.9. The van der Waals surface area contributed by atoms with Crippen molar-refractivity contribution in [2.45, 2.75) is 25.0 Å². The molecule has 4 heteroatoms. The van der Waals surface area contributed by atoms with Gasteiger partial charge in [-0.05, 0) is 26.9 Å². The SMILES string of the molecule is CN(C)CC1CC(O)CN1CCCO. The highest BCUT2D eigenvalue weighted by molar-refractivity contribution is 4.86. The van der Waals surface area contributed by atoms with E-state index in [-0.39, 0.29) is 12.7 Å². The molecule has 0 aromatic carbocycles. The number of likely N-dealkylation sites (tertiary alicyclic amines) is 1. The summed E-state index contributed by atoms with van der Waals surface area (Å²) in [6, 6.07) is 0.451. The lowest BCUT2D eigenvalue weighted by Crippen LogP contribution is -2.38. The lowest BCUT2D eigenvalue weighted by atomic mass is 10.2. The van der Waals surface area contributed by atoms with E-state index < -0.39 is 0 Å². The van der Waals surface area contributed by atoms with Gasteiger partial charge in [-0.15, -0.1) is 0 Å². The molecule has 2 unspecified atom stereocenters. The van der Waals surface area contributed by atoms with Crippen LogP contribution in [0.5, 0.6) is 0 Å². The van der Waals surface area contributed by atoms with Crippen LogP contribution in [0.25, 0.3) is 0 Å². The van der Waals surface area contributed by atoms with Gasteiger partial charge in [0.05, 0.1) is 6.10 Å². The fraction of sp³-hybridized carbons (Fsp3) is 1.00. The molecule has 0 bridgehead atoms. The summed E-state index contributed by atoms with van der Waals surface area (Å²) < 4.78 is 0. The molecule has 0 spiro atoms. The summed E-state index contributed by atoms with van der Waals surface area (Å²) >= 11 is 0. The Bertz CT molecular complexity index is 164. The summed E-state index contributed by atoms with van der Waals surface area (Å²) in [5.41, 5.74) is 0. The molecule has 1 aliphatic heterocycles. The van der Waals surface area contributed by atoms with Crippen molar-refractivity contribution in [2.24, 2.45) is 0 Å². The molecule has 0 saturated carbocycles. The van der Waals surface area contributed by atoms with Crippen LogP contribution in [0.4, 0.5) is 0 Å². The highest BCUT2D eigenvalue weighted by Gasteiger charge is 2.30. The van der Waals surface area contributed by atoms with Crippen molar-refractivity contribution in [2.75, 3.05) is 40.3 Å². The number of aliphatic hydroxyl groups is 2. The third-order valence-electron chi connectivity index (χ3n) is 2.69. The van der Waals surface area contributed by atoms with Crippen molar-refractivity contribution >= 4 is 0 Å². The maximum atomic E-state index is 9.56. The van der Waals surface area contributed by atoms with Gasteiger partial charge >= 0.3 is 0 Å². The third-order valence-corrected chi connectivity index (χ3v) is 2.69. The van der Waals surface area contributed by atoms with E-state index in [1.54, 1.807) is 0 Å². The summed E-state index contributed by atoms with van der Waals surface area (Å²) in [5.74, 6) is 0. The minimum absolute atomic E-state index is 0.182. The van der Waals surface area contributed by atoms with Crippen LogP contribution in [0.15, 0.2) is 0 Å². The molecule has 1 fully saturated rings. The first-order valence-electron chi connectivity index (χ1n) is 5.31. The van der Waals surface area contributed by atoms with Gasteiger partial charge in [-0.25, -0.2) is 0 Å². The monoisotopic (exact) mass is 202 g/mol. The van der Waals surface area contributed by atoms with Crippen LogP contribution in [0.1, 0.15) is 12.8 Å². The van der Waals surface area contributed by atoms with Crippen LogP contribution >= 0.6 is 0 Å². The molecule has 0 aromatic rings. The van der Waals surface area contributed by atoms with Crippen molar-refractivity contribution < 1.29 is 10.2 Å². The molecular weight excluding hydrogens is 180 g/mol. The zero-order valence-electron chi connectivity index (χ0n) is 9.19. The molecule has 1 heterocycles. The Hall–Kier alpha value is -0.160. The van der Waals surface area contributed by atoms with Gasteiger partial charge in [0.15, 0.2) is 0 Å². The Labute approximate surface area is 86.1 Å². The Balaban J connectivity index is 2.37. The number of rotatable bonds is 5. The Kier molecular flexibility index (Phi) is 4.81. The highest BCUT2D eigenvalue weighted by atomic mass is 16.3. The van der Waals surface area contributed by atoms with Gasteiger partial charge in [0.25, 0.3) is 0 Å². The van der Waals surface area contributed by atoms with E-state index in [4.69, 9.17) is 5.11 Å². The van der Waals surface area contributed by atoms with Crippen LogP contribution < -0.4 is 0 Å². The molecule has 84 valence electrons. The molecule has 0 amide bonds. The summed E-state index contributed by atoms with van der Waals surface area (Å²) in [7, 11) is 4.10. The highest BCUT2D eigenvalue weighted by Crippen LogP contribution is 2.18. The first-order valence-corrected chi connectivity index (χ1v) is 5.31. The van der Waals surface area contributed by atoms with Gasteiger partial charge in [0.1, 0.15) is 0 Å². The summed E-state index contributed by atoms with van der Waals surface area (Å²) in [6.45, 7) is 2.88. The number of nitrogens with zero attached hydrogens (tertiary/aromatic N) is 2. The smallest absolute Gasteiger partial charge is 0.0682 e. The molecule has 2 N–H and O–H groups in total. The number of β-amino-alcohol motifs (C(OH)–C–C–N with tert-alkyl or cyclic N) is 1. The van der Waals surface area contributed by atoms with E-state index in [0.717, 1.165) is 32.5 Å². The fourth-order valence-corrected chi connectivity index (χ4v) is 2.12. The number of hydrogen-bond acceptors (Lipinski definition) is 4. The molecule has 2 atom stereocenters. The van der Waals surface area contributed by atoms with Crippen molar-refractivity contribution in [3.63, 3.8) is 0 Å². The number of aliphatic hydroxyl groups excluding tert-OH is 2. The molecule has 4 nitrogen and oxygen atoms in total. The third kappa shape index (κ3) is 3.53. The summed E-state index contributed by atoms with van der Waals surface area (Å²) in [6.07, 6.45) is 1.49. The zero-order chi connectivity index (χ0) is 10.6. The van der Waals surface area contributed by atoms with Crippen LogP contribution in [-0.2, 0) is 0 Å². The van der Waals surface area contributed by atoms with Crippen molar-refractivity contribution in [1.29, 1.82) is 0 Å². The molecule has 14 heavy (non-hydrogen) atoms. The Morgan fingerprint density at radius 2 is 2.14 bits per heavy atom. The van der Waals surface area contributed by atoms with Crippen LogP contribution in [0.2, 0.25) is 0 Å². The molecule has 1 saturated heterocycles. The second-order valence-corrected chi connectivity index (χ2v) is 4.38. The average Bonchev–Trinajstić information content (AvgIpc) is 2.41. The number of hydrogen-bond donors (Lipinski definition) is 2. The molecule has 0 aliphatic carbocycles. The lowest BCUT2D eigenvalue weighted by Gasteiger charge is -2.26. The maximum Gasteiger partial charge on any atom is 0.0682 e. The Morgan fingerprint density at radius 1 is 1.43 bits per heavy atom. The number of likely N-dealkylation sites (N-methyl/N-ethyl adjacent to an activating group) is 1. The molecule has 1 aliphatic rings. The van der Waals surface area contributed by atoms with Crippen LogP contribution in [-0.4, -0.2) is 72.5 Å². The minimum Gasteiger partial charge on any atom is -0.396 e. The van der Waals surface area contributed by atoms with E-state index in [1.165, 1.54) is 0 Å². The molecular formula is C10H22N2O2. The van der Waals surface area contributed by atoms with Gasteiger partial charge in [0.2, 0.25) is 0 Å². The van der Waals surface area contributed by atoms with E-state index in [0.29, 0.717) is 6.04 Å². The molecule has 0 radical (unpaired) electrons. The standard InChI is InChI=1S/C10H22N2O2/c1-11(2)7-9-6-10(14)8-12(9)4-3-5-13/h9-10,13-14H,3-8H2,1-2H3. The second kappa shape index (κ2) is 5.66. The van der Waals surface area contributed by atoms with Crippen molar-refractivity contribution in [1.82, 2.24) is 9.80 Å². The average molecular weight is 202 g/mol. The predicted molar refractivity (Wildman–Crippen MR) is 56.2 cm³/mol. The summed E-state index contributed by atoms with van der Waals surface area (Å²) in [4.78, 5) is 4.43. The van der Waals surface area contributed by atoms with E-state index in [2.05, 4.69) is 23.9 Å². The second-order valence-electron chi connectivity index (χ2n) is 4.38. The fourth-order valence-electron chi connectivity index (χ4n) is 2.12. The van der Waals surface area contributed by atoms with Crippen LogP contribution in [0.3, 0.4) is 0 Å². The van der Waals surface area contributed by atoms with E-state index in [1.807, 2.05) is 0 Å². The quantitative estimate of drug-likeness (QED) is 0.623. The van der Waals surface area contributed by atoms with Crippen molar-refractivity contribution in [3.8, 4) is 0 Å². The van der Waals surface area contributed by atoms with Gasteiger partial charge < -0.3 is 15.1 Å². The predicted octanol–water partition coefficient (Wildman–Crippen LogP) is -0.634. The maximum absolute atomic E-state index is 9.56. The topological polar surface area (TPSA) is 46.9 Å². The molecule has 1 rings (SSSR count). The van der Waals surface area contributed by atoms with Gasteiger partial charge in [-0.3, -0.25) is 4.90 Å². The van der Waals surface area contributed by atoms with E-state index in [9.17, 15) is 5.11 Å². The first-order chi connectivity index (χ1) is 6.63. The minimum atomic E-state index is -0.182. The Morgan fingerprint density at radius 3 is 2.71 bits per heavy atom. The van der Waals surface area contributed by atoms with Crippen LogP contribution in [0, 0.1) is 0 Å². The van der Waals surface area contributed by atoms with Gasteiger partial charge in [-0.2, -0.15) is 0 Å². The van der Waals surface area contributed by atoms with Gasteiger partial charge in [-0.1, -0.05) is 0 Å². The summed E-state index contributed by atoms with van der Waals surface area (Å²) in [5, 5.41) is 18.3. The zero-order valence-corrected chi connectivity index (χ0v) is 9.19. The first kappa shape index (κ1) is 11.9. The van der Waals surface area contributed by atoms with Crippen molar-refractivity contribution in [3.05, 3.63) is 0 Å². The van der Waals surface area contributed by atoms with E-state index >= 15 is 0 Å². The molecule has 0 aromatic heterocycles.